The van der Waals surface area contributed by atoms with Gasteiger partial charge in [0.15, 0.2) is 0 Å². The molecule has 1 fully saturated rings. The molecule has 0 saturated heterocycles. The molecule has 0 aromatic heterocycles. The van der Waals surface area contributed by atoms with Gasteiger partial charge in [-0.15, -0.1) is 0 Å². The number of carboxylic acids is 1. The van der Waals surface area contributed by atoms with Crippen LogP contribution in [0.25, 0.3) is 0 Å². The number of amides is 1. The quantitative estimate of drug-likeness (QED) is 0.774. The van der Waals surface area contributed by atoms with E-state index in [1.54, 1.807) is 38.1 Å². The Morgan fingerprint density at radius 2 is 1.86 bits per heavy atom. The predicted octanol–water partition coefficient (Wildman–Crippen LogP) is 2.12. The van der Waals surface area contributed by atoms with E-state index in [4.69, 9.17) is 5.73 Å². The zero-order valence-electron chi connectivity index (χ0n) is 12.5. The van der Waals surface area contributed by atoms with Crippen LogP contribution in [0.15, 0.2) is 24.3 Å². The van der Waals surface area contributed by atoms with E-state index in [2.05, 4.69) is 5.32 Å². The average molecular weight is 290 g/mol. The Labute approximate surface area is 124 Å². The highest BCUT2D eigenvalue weighted by atomic mass is 16.4. The molecular formula is C16H22N2O3. The third kappa shape index (κ3) is 2.78. The first-order valence-corrected chi connectivity index (χ1v) is 7.17. The first-order valence-electron chi connectivity index (χ1n) is 7.17. The third-order valence-corrected chi connectivity index (χ3v) is 4.58. The fourth-order valence-corrected chi connectivity index (χ4v) is 2.48. The van der Waals surface area contributed by atoms with Crippen LogP contribution in [0.3, 0.4) is 0 Å². The van der Waals surface area contributed by atoms with Gasteiger partial charge in [0.05, 0.1) is 10.8 Å². The standard InChI is InChI=1S/C16H22N2O3/c1-15(2,14(20)21)11-4-6-12(7-5-11)18-13(19)16(10-17)8-3-9-16/h4-7H,3,8-10,17H2,1-2H3,(H,18,19)(H,20,21). The fraction of sp³-hybridized carbons (Fsp3) is 0.500. The lowest BCUT2D eigenvalue weighted by Crippen LogP contribution is -2.47. The van der Waals surface area contributed by atoms with Crippen LogP contribution in [0.2, 0.25) is 0 Å². The summed E-state index contributed by atoms with van der Waals surface area (Å²) in [5, 5.41) is 12.1. The van der Waals surface area contributed by atoms with Gasteiger partial charge in [-0.25, -0.2) is 0 Å². The molecule has 1 saturated carbocycles. The molecule has 1 amide bonds. The third-order valence-electron chi connectivity index (χ3n) is 4.58. The number of aliphatic carboxylic acids is 1. The average Bonchev–Trinajstić information content (AvgIpc) is 2.38. The molecule has 0 atom stereocenters. The molecule has 0 spiro atoms. The normalized spacial score (nSPS) is 16.9. The molecule has 1 aliphatic carbocycles. The van der Waals surface area contributed by atoms with Crippen molar-refractivity contribution in [1.29, 1.82) is 0 Å². The highest BCUT2D eigenvalue weighted by Crippen LogP contribution is 2.40. The van der Waals surface area contributed by atoms with Gasteiger partial charge in [-0.3, -0.25) is 9.59 Å². The van der Waals surface area contributed by atoms with E-state index in [0.717, 1.165) is 19.3 Å². The summed E-state index contributed by atoms with van der Waals surface area (Å²) < 4.78 is 0. The molecule has 1 aromatic rings. The Kier molecular flexibility index (Phi) is 4.05. The summed E-state index contributed by atoms with van der Waals surface area (Å²) in [6.07, 6.45) is 2.70. The van der Waals surface area contributed by atoms with Gasteiger partial charge < -0.3 is 16.2 Å². The van der Waals surface area contributed by atoms with Gasteiger partial charge in [0.2, 0.25) is 5.91 Å². The topological polar surface area (TPSA) is 92.4 Å². The molecule has 0 heterocycles. The number of anilines is 1. The van der Waals surface area contributed by atoms with E-state index in [9.17, 15) is 14.7 Å². The van der Waals surface area contributed by atoms with Gasteiger partial charge in [-0.2, -0.15) is 0 Å². The second-order valence-corrected chi connectivity index (χ2v) is 6.30. The van der Waals surface area contributed by atoms with Gasteiger partial charge in [0, 0.05) is 12.2 Å². The summed E-state index contributed by atoms with van der Waals surface area (Å²) in [4.78, 5) is 23.5. The lowest BCUT2D eigenvalue weighted by molar-refractivity contribution is -0.142. The van der Waals surface area contributed by atoms with E-state index in [-0.39, 0.29) is 5.91 Å². The van der Waals surface area contributed by atoms with Crippen LogP contribution in [-0.2, 0) is 15.0 Å². The zero-order valence-corrected chi connectivity index (χ0v) is 12.5. The molecule has 4 N–H and O–H groups in total. The van der Waals surface area contributed by atoms with Crippen LogP contribution in [0.1, 0.15) is 38.7 Å². The van der Waals surface area contributed by atoms with Crippen LogP contribution in [0, 0.1) is 5.41 Å². The number of carbonyl (C=O) groups is 2. The molecule has 114 valence electrons. The number of carbonyl (C=O) groups excluding carboxylic acids is 1. The Hall–Kier alpha value is -1.88. The highest BCUT2D eigenvalue weighted by molar-refractivity contribution is 5.96. The van der Waals surface area contributed by atoms with Gasteiger partial charge >= 0.3 is 5.97 Å². The second-order valence-electron chi connectivity index (χ2n) is 6.30. The molecule has 0 aliphatic heterocycles. The van der Waals surface area contributed by atoms with Crippen LogP contribution in [-0.4, -0.2) is 23.5 Å². The maximum absolute atomic E-state index is 12.3. The Bertz CT molecular complexity index is 540. The molecule has 0 bridgehead atoms. The van der Waals surface area contributed by atoms with E-state index < -0.39 is 16.8 Å². The molecule has 5 heteroatoms. The minimum absolute atomic E-state index is 0.0403. The Morgan fingerprint density at radius 1 is 1.29 bits per heavy atom. The van der Waals surface area contributed by atoms with Crippen molar-refractivity contribution in [3.63, 3.8) is 0 Å². The molecule has 1 aromatic carbocycles. The molecular weight excluding hydrogens is 268 g/mol. The fourth-order valence-electron chi connectivity index (χ4n) is 2.48. The minimum atomic E-state index is -0.949. The second kappa shape index (κ2) is 5.48. The Balaban J connectivity index is 2.10. The summed E-state index contributed by atoms with van der Waals surface area (Å²) in [6.45, 7) is 3.67. The van der Waals surface area contributed by atoms with Gasteiger partial charge in [-0.1, -0.05) is 18.6 Å². The van der Waals surface area contributed by atoms with E-state index in [0.29, 0.717) is 17.8 Å². The van der Waals surface area contributed by atoms with Crippen molar-refractivity contribution >= 4 is 17.6 Å². The summed E-state index contributed by atoms with van der Waals surface area (Å²) in [7, 11) is 0. The number of benzene rings is 1. The van der Waals surface area contributed by atoms with Crippen LogP contribution >= 0.6 is 0 Å². The molecule has 21 heavy (non-hydrogen) atoms. The zero-order chi connectivity index (χ0) is 15.7. The number of hydrogen-bond donors (Lipinski definition) is 3. The van der Waals surface area contributed by atoms with Crippen LogP contribution in [0.4, 0.5) is 5.69 Å². The van der Waals surface area contributed by atoms with Crippen LogP contribution in [0.5, 0.6) is 0 Å². The van der Waals surface area contributed by atoms with Crippen molar-refractivity contribution in [3.05, 3.63) is 29.8 Å². The van der Waals surface area contributed by atoms with Crippen LogP contribution < -0.4 is 11.1 Å². The lowest BCUT2D eigenvalue weighted by atomic mass is 9.68. The largest absolute Gasteiger partial charge is 0.481 e. The number of hydrogen-bond acceptors (Lipinski definition) is 3. The van der Waals surface area contributed by atoms with Gasteiger partial charge in [-0.05, 0) is 44.4 Å². The summed E-state index contributed by atoms with van der Waals surface area (Å²) >= 11 is 0. The van der Waals surface area contributed by atoms with Crippen molar-refractivity contribution in [3.8, 4) is 0 Å². The summed E-state index contributed by atoms with van der Waals surface area (Å²) in [5.41, 5.74) is 5.71. The van der Waals surface area contributed by atoms with Gasteiger partial charge in [0.25, 0.3) is 0 Å². The highest BCUT2D eigenvalue weighted by Gasteiger charge is 2.42. The number of rotatable bonds is 5. The van der Waals surface area contributed by atoms with E-state index >= 15 is 0 Å². The van der Waals surface area contributed by atoms with Crippen molar-refractivity contribution in [2.45, 2.75) is 38.5 Å². The summed E-state index contributed by atoms with van der Waals surface area (Å²) in [5.74, 6) is -0.919. The Morgan fingerprint density at radius 3 is 2.24 bits per heavy atom. The molecule has 1 aliphatic rings. The molecule has 0 radical (unpaired) electrons. The van der Waals surface area contributed by atoms with Gasteiger partial charge in [0.1, 0.15) is 0 Å². The van der Waals surface area contributed by atoms with Crippen molar-refractivity contribution < 1.29 is 14.7 Å². The number of nitrogens with two attached hydrogens (primary N) is 1. The number of carboxylic acid groups (broad SMARTS) is 1. The van der Waals surface area contributed by atoms with E-state index in [1.165, 1.54) is 0 Å². The molecule has 2 rings (SSSR count). The monoisotopic (exact) mass is 290 g/mol. The maximum Gasteiger partial charge on any atom is 0.313 e. The lowest BCUT2D eigenvalue weighted by Gasteiger charge is -2.39. The van der Waals surface area contributed by atoms with Crippen molar-refractivity contribution in [1.82, 2.24) is 0 Å². The minimum Gasteiger partial charge on any atom is -0.481 e. The van der Waals surface area contributed by atoms with E-state index in [1.807, 2.05) is 0 Å². The predicted molar refractivity (Wildman–Crippen MR) is 81.1 cm³/mol. The van der Waals surface area contributed by atoms with Crippen molar-refractivity contribution in [2.75, 3.05) is 11.9 Å². The first kappa shape index (κ1) is 15.5. The van der Waals surface area contributed by atoms with Crippen molar-refractivity contribution in [2.24, 2.45) is 11.1 Å². The molecule has 5 nitrogen and oxygen atoms in total. The first-order chi connectivity index (χ1) is 9.82. The SMILES string of the molecule is CC(C)(C(=O)O)c1ccc(NC(=O)C2(CN)CCC2)cc1. The maximum atomic E-state index is 12.3. The summed E-state index contributed by atoms with van der Waals surface area (Å²) in [6, 6.07) is 6.95. The number of nitrogens with one attached hydrogen (secondary N) is 1. The molecule has 0 unspecified atom stereocenters. The smallest absolute Gasteiger partial charge is 0.313 e.